The first kappa shape index (κ1) is 10.4. The number of hydrogen-bond donors (Lipinski definition) is 0. The van der Waals surface area contributed by atoms with E-state index in [4.69, 9.17) is 0 Å². The van der Waals surface area contributed by atoms with Gasteiger partial charge in [-0.15, -0.1) is 0 Å². The van der Waals surface area contributed by atoms with E-state index in [9.17, 15) is 4.79 Å². The lowest BCUT2D eigenvalue weighted by atomic mass is 10.2. The van der Waals surface area contributed by atoms with Crippen LogP contribution in [0.15, 0.2) is 36.5 Å². The summed E-state index contributed by atoms with van der Waals surface area (Å²) >= 11 is 3.38. The second kappa shape index (κ2) is 4.19. The second-order valence-electron chi connectivity index (χ2n) is 3.46. The highest BCUT2D eigenvalue weighted by molar-refractivity contribution is 9.10. The summed E-state index contributed by atoms with van der Waals surface area (Å²) in [5.74, 6) is 0.0960. The molecule has 0 saturated carbocycles. The van der Waals surface area contributed by atoms with Crippen LogP contribution in [0.2, 0.25) is 0 Å². The number of aromatic nitrogens is 1. The minimum absolute atomic E-state index is 0.0960. The average molecular weight is 266 g/mol. The third-order valence-corrected chi connectivity index (χ3v) is 3.50. The SMILES string of the molecule is CCC(Br)C(=O)n1ccc2ccccc21. The summed E-state index contributed by atoms with van der Waals surface area (Å²) in [6.07, 6.45) is 2.63. The van der Waals surface area contributed by atoms with Gasteiger partial charge in [0.1, 0.15) is 0 Å². The van der Waals surface area contributed by atoms with Crippen LogP contribution in [0, 0.1) is 0 Å². The molecule has 78 valence electrons. The van der Waals surface area contributed by atoms with Gasteiger partial charge in [0.2, 0.25) is 5.91 Å². The van der Waals surface area contributed by atoms with Gasteiger partial charge in [0.05, 0.1) is 10.3 Å². The van der Waals surface area contributed by atoms with E-state index in [0.717, 1.165) is 17.3 Å². The fourth-order valence-corrected chi connectivity index (χ4v) is 1.82. The molecule has 0 aliphatic rings. The van der Waals surface area contributed by atoms with E-state index >= 15 is 0 Å². The first-order valence-electron chi connectivity index (χ1n) is 4.98. The molecule has 0 fully saturated rings. The smallest absolute Gasteiger partial charge is 0.244 e. The number of benzene rings is 1. The van der Waals surface area contributed by atoms with E-state index in [-0.39, 0.29) is 10.7 Å². The molecule has 0 amide bonds. The minimum atomic E-state index is -0.103. The molecule has 1 unspecified atom stereocenters. The van der Waals surface area contributed by atoms with Gasteiger partial charge in [-0.25, -0.2) is 0 Å². The van der Waals surface area contributed by atoms with Crippen LogP contribution in [0.1, 0.15) is 18.1 Å². The van der Waals surface area contributed by atoms with E-state index in [0.29, 0.717) is 0 Å². The molecule has 2 aromatic rings. The van der Waals surface area contributed by atoms with Crippen LogP contribution in [0.5, 0.6) is 0 Å². The number of halogens is 1. The highest BCUT2D eigenvalue weighted by atomic mass is 79.9. The summed E-state index contributed by atoms with van der Waals surface area (Å²) in [6, 6.07) is 9.85. The molecule has 1 aromatic heterocycles. The molecule has 0 spiro atoms. The molecule has 0 aliphatic heterocycles. The molecule has 0 radical (unpaired) electrons. The second-order valence-corrected chi connectivity index (χ2v) is 4.56. The summed E-state index contributed by atoms with van der Waals surface area (Å²) < 4.78 is 1.71. The van der Waals surface area contributed by atoms with E-state index in [1.165, 1.54) is 0 Å². The Balaban J connectivity index is 2.48. The van der Waals surface area contributed by atoms with Crippen molar-refractivity contribution in [3.63, 3.8) is 0 Å². The summed E-state index contributed by atoms with van der Waals surface area (Å²) in [5.41, 5.74) is 0.973. The van der Waals surface area contributed by atoms with Gasteiger partial charge >= 0.3 is 0 Å². The maximum atomic E-state index is 12.0. The highest BCUT2D eigenvalue weighted by Gasteiger charge is 2.15. The number of fused-ring (bicyclic) bond motifs is 1. The number of rotatable bonds is 2. The van der Waals surface area contributed by atoms with E-state index in [1.807, 2.05) is 43.5 Å². The number of hydrogen-bond acceptors (Lipinski definition) is 1. The van der Waals surface area contributed by atoms with Gasteiger partial charge in [-0.1, -0.05) is 41.1 Å². The molecule has 1 aromatic carbocycles. The lowest BCUT2D eigenvalue weighted by molar-refractivity contribution is 0.0916. The topological polar surface area (TPSA) is 22.0 Å². The largest absolute Gasteiger partial charge is 0.286 e. The Bertz CT molecular complexity index is 489. The molecule has 1 heterocycles. The molecule has 0 saturated heterocycles. The molecule has 15 heavy (non-hydrogen) atoms. The zero-order valence-corrected chi connectivity index (χ0v) is 10.1. The van der Waals surface area contributed by atoms with Crippen LogP contribution in [0.25, 0.3) is 10.9 Å². The van der Waals surface area contributed by atoms with Crippen molar-refractivity contribution in [3.05, 3.63) is 36.5 Å². The first-order valence-corrected chi connectivity index (χ1v) is 5.90. The molecule has 0 N–H and O–H groups in total. The monoisotopic (exact) mass is 265 g/mol. The van der Waals surface area contributed by atoms with Crippen LogP contribution in [0.4, 0.5) is 0 Å². The molecule has 2 rings (SSSR count). The number of carbonyl (C=O) groups is 1. The van der Waals surface area contributed by atoms with E-state index < -0.39 is 0 Å². The number of carbonyl (C=O) groups excluding carboxylic acids is 1. The van der Waals surface area contributed by atoms with E-state index in [2.05, 4.69) is 15.9 Å². The third-order valence-electron chi connectivity index (χ3n) is 2.46. The maximum Gasteiger partial charge on any atom is 0.244 e. The van der Waals surface area contributed by atoms with Crippen molar-refractivity contribution in [2.75, 3.05) is 0 Å². The zero-order chi connectivity index (χ0) is 10.8. The Labute approximate surface area is 97.0 Å². The van der Waals surface area contributed by atoms with Crippen molar-refractivity contribution >= 4 is 32.7 Å². The van der Waals surface area contributed by atoms with E-state index in [1.54, 1.807) is 4.57 Å². The quantitative estimate of drug-likeness (QED) is 0.763. The van der Waals surface area contributed by atoms with Crippen molar-refractivity contribution in [2.24, 2.45) is 0 Å². The summed E-state index contributed by atoms with van der Waals surface area (Å²) in [5, 5.41) is 1.10. The van der Waals surface area contributed by atoms with Crippen LogP contribution >= 0.6 is 15.9 Å². The fourth-order valence-electron chi connectivity index (χ4n) is 1.60. The first-order chi connectivity index (χ1) is 7.24. The zero-order valence-electron chi connectivity index (χ0n) is 8.48. The van der Waals surface area contributed by atoms with Crippen LogP contribution in [-0.2, 0) is 0 Å². The standard InChI is InChI=1S/C12H12BrNO/c1-2-10(13)12(15)14-8-7-9-5-3-4-6-11(9)14/h3-8,10H,2H2,1H3. The lowest BCUT2D eigenvalue weighted by Crippen LogP contribution is -2.19. The number of para-hydroxylation sites is 1. The van der Waals surface area contributed by atoms with Gasteiger partial charge in [0.25, 0.3) is 0 Å². The van der Waals surface area contributed by atoms with Crippen molar-refractivity contribution in [1.82, 2.24) is 4.57 Å². The molecule has 0 aliphatic carbocycles. The van der Waals surface area contributed by atoms with Gasteiger partial charge < -0.3 is 0 Å². The average Bonchev–Trinajstić information content (AvgIpc) is 2.70. The maximum absolute atomic E-state index is 12.0. The molecule has 0 bridgehead atoms. The summed E-state index contributed by atoms with van der Waals surface area (Å²) in [7, 11) is 0. The van der Waals surface area contributed by atoms with Gasteiger partial charge in [0.15, 0.2) is 0 Å². The third kappa shape index (κ3) is 1.84. The van der Waals surface area contributed by atoms with Gasteiger partial charge in [-0.05, 0) is 18.6 Å². The lowest BCUT2D eigenvalue weighted by Gasteiger charge is -2.07. The van der Waals surface area contributed by atoms with Gasteiger partial charge in [0, 0.05) is 11.6 Å². The van der Waals surface area contributed by atoms with Crippen molar-refractivity contribution in [3.8, 4) is 0 Å². The molecular formula is C12H12BrNO. The van der Waals surface area contributed by atoms with Crippen LogP contribution in [0.3, 0.4) is 0 Å². The fraction of sp³-hybridized carbons (Fsp3) is 0.250. The molecule has 2 nitrogen and oxygen atoms in total. The molecule has 3 heteroatoms. The van der Waals surface area contributed by atoms with Gasteiger partial charge in [-0.2, -0.15) is 0 Å². The molecule has 1 atom stereocenters. The van der Waals surface area contributed by atoms with Crippen molar-refractivity contribution in [1.29, 1.82) is 0 Å². The predicted octanol–water partition coefficient (Wildman–Crippen LogP) is 3.46. The summed E-state index contributed by atoms with van der Waals surface area (Å²) in [4.78, 5) is 11.9. The Hall–Kier alpha value is -1.09. The van der Waals surface area contributed by atoms with Gasteiger partial charge in [-0.3, -0.25) is 9.36 Å². The van der Waals surface area contributed by atoms with Crippen molar-refractivity contribution in [2.45, 2.75) is 18.2 Å². The number of alkyl halides is 1. The van der Waals surface area contributed by atoms with Crippen molar-refractivity contribution < 1.29 is 4.79 Å². The normalized spacial score (nSPS) is 12.9. The van der Waals surface area contributed by atoms with Crippen LogP contribution in [-0.4, -0.2) is 15.3 Å². The Morgan fingerprint density at radius 1 is 1.40 bits per heavy atom. The number of nitrogens with zero attached hydrogens (tertiary/aromatic N) is 1. The van der Waals surface area contributed by atoms with Crippen LogP contribution < -0.4 is 0 Å². The highest BCUT2D eigenvalue weighted by Crippen LogP contribution is 2.17. The Morgan fingerprint density at radius 2 is 2.13 bits per heavy atom. The predicted molar refractivity (Wildman–Crippen MR) is 65.6 cm³/mol. The molecular weight excluding hydrogens is 254 g/mol. The summed E-state index contributed by atoms with van der Waals surface area (Å²) in [6.45, 7) is 1.99. The Morgan fingerprint density at radius 3 is 2.87 bits per heavy atom. The minimum Gasteiger partial charge on any atom is -0.286 e. The Kier molecular flexibility index (Phi) is 2.91.